The van der Waals surface area contributed by atoms with Crippen LogP contribution >= 0.6 is 12.4 Å². The summed E-state index contributed by atoms with van der Waals surface area (Å²) in [7, 11) is 0. The van der Waals surface area contributed by atoms with Crippen LogP contribution in [-0.4, -0.2) is 35.0 Å². The molecule has 1 amide bonds. The molecule has 27 heavy (non-hydrogen) atoms. The van der Waals surface area contributed by atoms with E-state index >= 15 is 0 Å². The Morgan fingerprint density at radius 2 is 1.93 bits per heavy atom. The summed E-state index contributed by atoms with van der Waals surface area (Å²) < 4.78 is 0. The number of carbonyl (C=O) groups excluding carboxylic acids is 1. The number of amides is 1. The summed E-state index contributed by atoms with van der Waals surface area (Å²) in [4.78, 5) is 21.5. The summed E-state index contributed by atoms with van der Waals surface area (Å²) in [5.41, 5.74) is 1.92. The lowest BCUT2D eigenvalue weighted by atomic mass is 10.1. The molecule has 1 aliphatic heterocycles. The fourth-order valence-electron chi connectivity index (χ4n) is 3.22. The van der Waals surface area contributed by atoms with Crippen molar-refractivity contribution in [3.8, 4) is 0 Å². The molecule has 1 aliphatic rings. The summed E-state index contributed by atoms with van der Waals surface area (Å²) in [6.07, 6.45) is 5.44. The third-order valence-electron chi connectivity index (χ3n) is 4.58. The minimum atomic E-state index is -0.185. The highest BCUT2D eigenvalue weighted by Crippen LogP contribution is 2.21. The number of piperidine rings is 1. The van der Waals surface area contributed by atoms with Gasteiger partial charge in [-0.1, -0.05) is 12.1 Å². The first-order valence-corrected chi connectivity index (χ1v) is 8.88. The minimum Gasteiger partial charge on any atom is -0.367 e. The number of para-hydroxylation sites is 1. The van der Waals surface area contributed by atoms with Crippen molar-refractivity contribution in [1.82, 2.24) is 15.3 Å². The molecule has 1 fully saturated rings. The van der Waals surface area contributed by atoms with Gasteiger partial charge in [0.25, 0.3) is 5.91 Å². The Bertz CT molecular complexity index is 913. The molecule has 6 nitrogen and oxygen atoms in total. The summed E-state index contributed by atoms with van der Waals surface area (Å²) in [6, 6.07) is 13.7. The van der Waals surface area contributed by atoms with Crippen LogP contribution in [0.3, 0.4) is 0 Å². The van der Waals surface area contributed by atoms with Gasteiger partial charge in [0.2, 0.25) is 0 Å². The van der Waals surface area contributed by atoms with Crippen molar-refractivity contribution in [3.05, 3.63) is 60.4 Å². The van der Waals surface area contributed by atoms with Gasteiger partial charge in [-0.2, -0.15) is 0 Å². The van der Waals surface area contributed by atoms with Crippen molar-refractivity contribution in [3.63, 3.8) is 0 Å². The number of nitrogens with zero attached hydrogens (tertiary/aromatic N) is 2. The van der Waals surface area contributed by atoms with Gasteiger partial charge in [-0.3, -0.25) is 9.78 Å². The van der Waals surface area contributed by atoms with Crippen molar-refractivity contribution in [2.45, 2.75) is 18.9 Å². The van der Waals surface area contributed by atoms with Crippen LogP contribution in [-0.2, 0) is 0 Å². The Morgan fingerprint density at radius 3 is 2.70 bits per heavy atom. The number of hydrogen-bond donors (Lipinski definition) is 3. The summed E-state index contributed by atoms with van der Waals surface area (Å²) in [5.74, 6) is 0.626. The Morgan fingerprint density at radius 1 is 1.07 bits per heavy atom. The van der Waals surface area contributed by atoms with Crippen molar-refractivity contribution >= 4 is 40.7 Å². The lowest BCUT2D eigenvalue weighted by molar-refractivity contribution is 0.102. The normalized spacial score (nSPS) is 14.4. The lowest BCUT2D eigenvalue weighted by Crippen LogP contribution is -2.35. The van der Waals surface area contributed by atoms with Crippen LogP contribution in [0.5, 0.6) is 0 Å². The molecule has 4 rings (SSSR count). The SMILES string of the molecule is Cl.O=C(Nc1cccnc1)c1cccc2ccc(NC3CCNCC3)nc12. The maximum atomic E-state index is 12.7. The molecule has 0 radical (unpaired) electrons. The molecule has 0 atom stereocenters. The Hall–Kier alpha value is -2.70. The van der Waals surface area contributed by atoms with Crippen molar-refractivity contribution < 1.29 is 4.79 Å². The maximum absolute atomic E-state index is 12.7. The van der Waals surface area contributed by atoms with E-state index in [1.807, 2.05) is 30.3 Å². The van der Waals surface area contributed by atoms with Gasteiger partial charge in [0, 0.05) is 17.6 Å². The van der Waals surface area contributed by atoms with E-state index in [2.05, 4.69) is 20.9 Å². The monoisotopic (exact) mass is 383 g/mol. The molecule has 7 heteroatoms. The predicted molar refractivity (Wildman–Crippen MR) is 111 cm³/mol. The molecule has 3 heterocycles. The number of hydrogen-bond acceptors (Lipinski definition) is 5. The molecular formula is C20H22ClN5O. The van der Waals surface area contributed by atoms with Crippen LogP contribution in [0.15, 0.2) is 54.9 Å². The third kappa shape index (κ3) is 4.53. The van der Waals surface area contributed by atoms with Gasteiger partial charge in [-0.25, -0.2) is 4.98 Å². The Labute approximate surface area is 164 Å². The van der Waals surface area contributed by atoms with Gasteiger partial charge in [0.15, 0.2) is 0 Å². The van der Waals surface area contributed by atoms with Gasteiger partial charge >= 0.3 is 0 Å². The van der Waals surface area contributed by atoms with E-state index < -0.39 is 0 Å². The van der Waals surface area contributed by atoms with Crippen LogP contribution < -0.4 is 16.0 Å². The quantitative estimate of drug-likeness (QED) is 0.643. The molecule has 3 aromatic rings. The van der Waals surface area contributed by atoms with Gasteiger partial charge < -0.3 is 16.0 Å². The topological polar surface area (TPSA) is 78.9 Å². The highest BCUT2D eigenvalue weighted by Gasteiger charge is 2.15. The van der Waals surface area contributed by atoms with Gasteiger partial charge in [0.05, 0.1) is 23.0 Å². The molecule has 0 unspecified atom stereocenters. The second-order valence-electron chi connectivity index (χ2n) is 6.44. The van der Waals surface area contributed by atoms with Crippen LogP contribution in [0.1, 0.15) is 23.2 Å². The van der Waals surface area contributed by atoms with Crippen LogP contribution in [0.2, 0.25) is 0 Å². The van der Waals surface area contributed by atoms with Crippen LogP contribution in [0, 0.1) is 0 Å². The standard InChI is InChI=1S/C20H21N5O.ClH/c26-20(24-16-4-2-10-22-13-16)17-5-1-3-14-6-7-18(25-19(14)17)23-15-8-11-21-12-9-15;/h1-7,10,13,15,21H,8-9,11-12H2,(H,23,25)(H,24,26);1H. The molecule has 140 valence electrons. The second kappa shape index (κ2) is 8.79. The van der Waals surface area contributed by atoms with E-state index in [9.17, 15) is 4.79 Å². The highest BCUT2D eigenvalue weighted by molar-refractivity contribution is 6.12. The first-order chi connectivity index (χ1) is 12.8. The van der Waals surface area contributed by atoms with E-state index in [1.54, 1.807) is 24.5 Å². The fraction of sp³-hybridized carbons (Fsp3) is 0.250. The molecule has 1 aromatic carbocycles. The molecule has 2 aromatic heterocycles. The molecule has 3 N–H and O–H groups in total. The summed E-state index contributed by atoms with van der Waals surface area (Å²) in [5, 5.41) is 10.7. The minimum absolute atomic E-state index is 0. The first-order valence-electron chi connectivity index (χ1n) is 8.88. The largest absolute Gasteiger partial charge is 0.367 e. The number of pyridine rings is 2. The number of halogens is 1. The van der Waals surface area contributed by atoms with Crippen molar-refractivity contribution in [2.75, 3.05) is 23.7 Å². The van der Waals surface area contributed by atoms with Crippen LogP contribution in [0.4, 0.5) is 11.5 Å². The number of rotatable bonds is 4. The van der Waals surface area contributed by atoms with Gasteiger partial charge in [0.1, 0.15) is 5.82 Å². The zero-order chi connectivity index (χ0) is 17.8. The highest BCUT2D eigenvalue weighted by atomic mass is 35.5. The Balaban J connectivity index is 0.00000210. The van der Waals surface area contributed by atoms with Gasteiger partial charge in [-0.15, -0.1) is 12.4 Å². The average molecular weight is 384 g/mol. The first kappa shape index (κ1) is 19.1. The van der Waals surface area contributed by atoms with E-state index in [0.717, 1.165) is 37.1 Å². The number of benzene rings is 1. The molecule has 0 spiro atoms. The molecule has 0 bridgehead atoms. The second-order valence-corrected chi connectivity index (χ2v) is 6.44. The number of carbonyl (C=O) groups is 1. The number of aromatic nitrogens is 2. The molecule has 1 saturated heterocycles. The number of anilines is 2. The van der Waals surface area contributed by atoms with E-state index in [-0.39, 0.29) is 18.3 Å². The number of nitrogens with one attached hydrogen (secondary N) is 3. The average Bonchev–Trinajstić information content (AvgIpc) is 2.69. The molecule has 0 saturated carbocycles. The molecular weight excluding hydrogens is 362 g/mol. The lowest BCUT2D eigenvalue weighted by Gasteiger charge is -2.24. The summed E-state index contributed by atoms with van der Waals surface area (Å²) >= 11 is 0. The van der Waals surface area contributed by atoms with Gasteiger partial charge in [-0.05, 0) is 56.3 Å². The maximum Gasteiger partial charge on any atom is 0.257 e. The zero-order valence-corrected chi connectivity index (χ0v) is 15.6. The Kier molecular flexibility index (Phi) is 6.21. The van der Waals surface area contributed by atoms with E-state index in [4.69, 9.17) is 4.98 Å². The zero-order valence-electron chi connectivity index (χ0n) is 14.8. The number of fused-ring (bicyclic) bond motifs is 1. The summed E-state index contributed by atoms with van der Waals surface area (Å²) in [6.45, 7) is 2.04. The molecule has 0 aliphatic carbocycles. The van der Waals surface area contributed by atoms with E-state index in [1.165, 1.54) is 0 Å². The predicted octanol–water partition coefficient (Wildman–Crippen LogP) is 3.47. The van der Waals surface area contributed by atoms with Crippen molar-refractivity contribution in [2.24, 2.45) is 0 Å². The van der Waals surface area contributed by atoms with E-state index in [0.29, 0.717) is 22.8 Å². The van der Waals surface area contributed by atoms with Crippen molar-refractivity contribution in [1.29, 1.82) is 0 Å². The smallest absolute Gasteiger partial charge is 0.257 e. The van der Waals surface area contributed by atoms with Crippen LogP contribution in [0.25, 0.3) is 10.9 Å². The fourth-order valence-corrected chi connectivity index (χ4v) is 3.22. The third-order valence-corrected chi connectivity index (χ3v) is 4.58.